The zero-order chi connectivity index (χ0) is 10.8. The van der Waals surface area contributed by atoms with Crippen LogP contribution in [0.1, 0.15) is 39.5 Å². The van der Waals surface area contributed by atoms with Crippen LogP contribution in [0, 0.1) is 5.41 Å². The van der Waals surface area contributed by atoms with Crippen LogP contribution in [0.5, 0.6) is 0 Å². The van der Waals surface area contributed by atoms with Gasteiger partial charge in [0.05, 0.1) is 0 Å². The molecule has 0 radical (unpaired) electrons. The van der Waals surface area contributed by atoms with Crippen LogP contribution in [-0.2, 0) is 0 Å². The molecule has 0 spiro atoms. The third-order valence-electron chi connectivity index (χ3n) is 2.92. The van der Waals surface area contributed by atoms with Gasteiger partial charge >= 0.3 is 18.9 Å². The summed E-state index contributed by atoms with van der Waals surface area (Å²) in [6.45, 7) is 11.9. The van der Waals surface area contributed by atoms with Gasteiger partial charge in [-0.2, -0.15) is 0 Å². The molecule has 1 aliphatic carbocycles. The average Bonchev–Trinajstić information content (AvgIpc) is 2.02. The zero-order valence-corrected chi connectivity index (χ0v) is 10.2. The van der Waals surface area contributed by atoms with Gasteiger partial charge in [0.15, 0.2) is 0 Å². The van der Waals surface area contributed by atoms with E-state index < -0.39 is 0 Å². The standard InChI is InChI=1S/C13H20O.Li/c1-5-7-11(14)12-10(2)8-6-9-13(12,3)4;/h5,14H,1-2,6-9H2,3-4H3;/q;+1/p-1/b12-11-;. The summed E-state index contributed by atoms with van der Waals surface area (Å²) in [7, 11) is 0. The Bertz CT molecular complexity index is 287. The molecule has 0 aromatic heterocycles. The Kier molecular flexibility index (Phi) is 5.49. The molecule has 0 bridgehead atoms. The van der Waals surface area contributed by atoms with Gasteiger partial charge in [-0.15, -0.1) is 12.3 Å². The van der Waals surface area contributed by atoms with Gasteiger partial charge in [0, 0.05) is 0 Å². The van der Waals surface area contributed by atoms with E-state index in [1.807, 2.05) is 0 Å². The van der Waals surface area contributed by atoms with E-state index in [4.69, 9.17) is 0 Å². The molecular weight excluding hydrogens is 179 g/mol. The van der Waals surface area contributed by atoms with Crippen molar-refractivity contribution in [1.82, 2.24) is 0 Å². The number of hydrogen-bond donors (Lipinski definition) is 0. The molecule has 78 valence electrons. The van der Waals surface area contributed by atoms with Crippen LogP contribution in [-0.4, -0.2) is 0 Å². The molecule has 0 amide bonds. The summed E-state index contributed by atoms with van der Waals surface area (Å²) in [5, 5.41) is 11.9. The molecule has 1 fully saturated rings. The Hall–Kier alpha value is -0.383. The molecule has 0 aromatic carbocycles. The summed E-state index contributed by atoms with van der Waals surface area (Å²) < 4.78 is 0. The quantitative estimate of drug-likeness (QED) is 0.346. The van der Waals surface area contributed by atoms with Crippen LogP contribution in [0.4, 0.5) is 0 Å². The summed E-state index contributed by atoms with van der Waals surface area (Å²) in [5.41, 5.74) is 1.99. The minimum absolute atomic E-state index is 0. The molecule has 0 atom stereocenters. The van der Waals surface area contributed by atoms with Gasteiger partial charge in [0.2, 0.25) is 0 Å². The maximum atomic E-state index is 11.9. The van der Waals surface area contributed by atoms with Gasteiger partial charge in [0.25, 0.3) is 0 Å². The van der Waals surface area contributed by atoms with Crippen LogP contribution in [0.15, 0.2) is 36.1 Å². The molecule has 2 heteroatoms. The second-order valence-electron chi connectivity index (χ2n) is 4.63. The second kappa shape index (κ2) is 5.63. The van der Waals surface area contributed by atoms with Gasteiger partial charge < -0.3 is 5.11 Å². The topological polar surface area (TPSA) is 23.1 Å². The van der Waals surface area contributed by atoms with Crippen molar-refractivity contribution in [3.63, 3.8) is 0 Å². The van der Waals surface area contributed by atoms with Crippen molar-refractivity contribution in [2.75, 3.05) is 0 Å². The van der Waals surface area contributed by atoms with Crippen LogP contribution < -0.4 is 24.0 Å². The fourth-order valence-electron chi connectivity index (χ4n) is 2.28. The van der Waals surface area contributed by atoms with Crippen molar-refractivity contribution in [2.24, 2.45) is 5.41 Å². The van der Waals surface area contributed by atoms with Crippen molar-refractivity contribution >= 4 is 0 Å². The first-order chi connectivity index (χ1) is 6.49. The Morgan fingerprint density at radius 1 is 1.53 bits per heavy atom. The van der Waals surface area contributed by atoms with E-state index >= 15 is 0 Å². The largest absolute Gasteiger partial charge is 1.00 e. The molecule has 1 nitrogen and oxygen atoms in total. The SMILES string of the molecule is C=CC/C([O-])=C1\C(=C)CCCC1(C)C.[Li+]. The Labute approximate surface area is 105 Å². The van der Waals surface area contributed by atoms with Gasteiger partial charge in [-0.1, -0.05) is 37.6 Å². The second-order valence-corrected chi connectivity index (χ2v) is 4.63. The van der Waals surface area contributed by atoms with Crippen molar-refractivity contribution in [1.29, 1.82) is 0 Å². The van der Waals surface area contributed by atoms with Gasteiger partial charge in [-0.25, -0.2) is 0 Å². The first-order valence-corrected chi connectivity index (χ1v) is 5.18. The van der Waals surface area contributed by atoms with Crippen LogP contribution in [0.2, 0.25) is 0 Å². The van der Waals surface area contributed by atoms with Crippen LogP contribution in [0.25, 0.3) is 0 Å². The summed E-state index contributed by atoms with van der Waals surface area (Å²) in [5.74, 6) is 0.203. The normalized spacial score (nSPS) is 22.9. The monoisotopic (exact) mass is 198 g/mol. The summed E-state index contributed by atoms with van der Waals surface area (Å²) in [6, 6.07) is 0. The zero-order valence-electron chi connectivity index (χ0n) is 10.2. The maximum absolute atomic E-state index is 11.9. The molecule has 0 aromatic rings. The van der Waals surface area contributed by atoms with Crippen LogP contribution in [0.3, 0.4) is 0 Å². The number of hydrogen-bond acceptors (Lipinski definition) is 1. The van der Waals surface area contributed by atoms with Crippen LogP contribution >= 0.6 is 0 Å². The molecule has 0 N–H and O–H groups in total. The van der Waals surface area contributed by atoms with E-state index in [-0.39, 0.29) is 30.0 Å². The molecule has 1 saturated carbocycles. The Morgan fingerprint density at radius 2 is 2.13 bits per heavy atom. The van der Waals surface area contributed by atoms with E-state index in [0.717, 1.165) is 30.4 Å². The molecule has 0 saturated heterocycles. The molecular formula is C13H19LiO. The molecule has 0 unspecified atom stereocenters. The van der Waals surface area contributed by atoms with E-state index in [9.17, 15) is 5.11 Å². The Morgan fingerprint density at radius 3 is 2.60 bits per heavy atom. The van der Waals surface area contributed by atoms with E-state index in [2.05, 4.69) is 27.0 Å². The Balaban J connectivity index is 0.00000196. The van der Waals surface area contributed by atoms with Crippen molar-refractivity contribution < 1.29 is 24.0 Å². The summed E-state index contributed by atoms with van der Waals surface area (Å²) >= 11 is 0. The smallest absolute Gasteiger partial charge is 0.875 e. The fourth-order valence-corrected chi connectivity index (χ4v) is 2.28. The van der Waals surface area contributed by atoms with E-state index in [1.165, 1.54) is 0 Å². The van der Waals surface area contributed by atoms with Gasteiger partial charge in [-0.3, -0.25) is 0 Å². The third kappa shape index (κ3) is 3.29. The average molecular weight is 198 g/mol. The molecule has 0 heterocycles. The minimum Gasteiger partial charge on any atom is -0.875 e. The van der Waals surface area contributed by atoms with Crippen molar-refractivity contribution in [3.05, 3.63) is 36.1 Å². The number of rotatable bonds is 2. The minimum atomic E-state index is 0. The number of allylic oxidation sites excluding steroid dienone is 3. The van der Waals surface area contributed by atoms with E-state index in [0.29, 0.717) is 6.42 Å². The maximum Gasteiger partial charge on any atom is 1.00 e. The third-order valence-corrected chi connectivity index (χ3v) is 2.92. The fraction of sp³-hybridized carbons (Fsp3) is 0.538. The van der Waals surface area contributed by atoms with Crippen molar-refractivity contribution in [3.8, 4) is 0 Å². The van der Waals surface area contributed by atoms with Gasteiger partial charge in [-0.05, 0) is 31.1 Å². The van der Waals surface area contributed by atoms with Crippen molar-refractivity contribution in [2.45, 2.75) is 39.5 Å². The molecule has 15 heavy (non-hydrogen) atoms. The van der Waals surface area contributed by atoms with Gasteiger partial charge in [0.1, 0.15) is 0 Å². The predicted molar refractivity (Wildman–Crippen MR) is 58.6 cm³/mol. The van der Waals surface area contributed by atoms with E-state index in [1.54, 1.807) is 6.08 Å². The first-order valence-electron chi connectivity index (χ1n) is 5.18. The predicted octanol–water partition coefficient (Wildman–Crippen LogP) is -0.0528. The molecule has 0 aliphatic heterocycles. The summed E-state index contributed by atoms with van der Waals surface area (Å²) in [6.07, 6.45) is 5.33. The summed E-state index contributed by atoms with van der Waals surface area (Å²) in [4.78, 5) is 0. The molecule has 1 rings (SSSR count). The first kappa shape index (κ1) is 14.6. The molecule has 1 aliphatic rings.